The lowest BCUT2D eigenvalue weighted by atomic mass is 9.89. The number of carbonyl (C=O) groups excluding carboxylic acids is 1. The first-order chi connectivity index (χ1) is 16.2. The molecule has 7 nitrogen and oxygen atoms in total. The topological polar surface area (TPSA) is 66.6 Å². The summed E-state index contributed by atoms with van der Waals surface area (Å²) in [6.45, 7) is 12.9. The number of hydrogen-bond donors (Lipinski definition) is 0. The average molecular weight is 463 g/mol. The Bertz CT molecular complexity index is 1200. The standard InChI is InChI=1S/C27H38N6O/c1-18-11-12-22-21(15-18)25-30-29-24(20-9-7-6-8-10-20)33(25)26(28-22)31-13-14-32(19(2)17-31)23(34)16-27(3,4)5/h11-12,15,19-20H,6-10,13-14,16-17H2,1-5H3/t19-/m1/s1. The number of nitrogens with zero attached hydrogens (tertiary/aromatic N) is 6. The maximum absolute atomic E-state index is 13.0. The molecule has 3 heterocycles. The normalized spacial score (nSPS) is 20.4. The van der Waals surface area contributed by atoms with Crippen molar-refractivity contribution in [2.24, 2.45) is 5.41 Å². The van der Waals surface area contributed by atoms with Crippen molar-refractivity contribution in [1.82, 2.24) is 24.5 Å². The van der Waals surface area contributed by atoms with E-state index in [1.165, 1.54) is 24.8 Å². The lowest BCUT2D eigenvalue weighted by Crippen LogP contribution is -2.55. The molecule has 1 atom stereocenters. The zero-order valence-corrected chi connectivity index (χ0v) is 21.3. The Hall–Kier alpha value is -2.70. The minimum Gasteiger partial charge on any atom is -0.338 e. The van der Waals surface area contributed by atoms with Crippen LogP contribution in [0.5, 0.6) is 0 Å². The summed E-state index contributed by atoms with van der Waals surface area (Å²) < 4.78 is 2.23. The third-order valence-corrected chi connectivity index (χ3v) is 7.38. The van der Waals surface area contributed by atoms with Crippen molar-refractivity contribution in [1.29, 1.82) is 0 Å². The molecule has 7 heteroatoms. The van der Waals surface area contributed by atoms with E-state index in [9.17, 15) is 4.79 Å². The van der Waals surface area contributed by atoms with Gasteiger partial charge in [-0.2, -0.15) is 0 Å². The first-order valence-corrected chi connectivity index (χ1v) is 12.9. The number of benzene rings is 1. The molecule has 2 fully saturated rings. The van der Waals surface area contributed by atoms with Crippen molar-refractivity contribution in [2.75, 3.05) is 24.5 Å². The average Bonchev–Trinajstić information content (AvgIpc) is 3.23. The van der Waals surface area contributed by atoms with Gasteiger partial charge in [-0.15, -0.1) is 10.2 Å². The van der Waals surface area contributed by atoms with Crippen molar-refractivity contribution < 1.29 is 4.79 Å². The SMILES string of the molecule is Cc1ccc2nc(N3CCN(C(=O)CC(C)(C)C)[C@H](C)C3)n3c(C4CCCCC4)nnc3c2c1. The van der Waals surface area contributed by atoms with E-state index in [0.717, 1.165) is 54.3 Å². The molecule has 1 aromatic carbocycles. The van der Waals surface area contributed by atoms with Gasteiger partial charge in [0.25, 0.3) is 0 Å². The Morgan fingerprint density at radius 2 is 1.85 bits per heavy atom. The largest absolute Gasteiger partial charge is 0.338 e. The Labute approximate surface area is 202 Å². The molecule has 34 heavy (non-hydrogen) atoms. The lowest BCUT2D eigenvalue weighted by Gasteiger charge is -2.41. The number of hydrogen-bond acceptors (Lipinski definition) is 5. The fourth-order valence-electron chi connectivity index (χ4n) is 5.65. The number of fused-ring (bicyclic) bond motifs is 3. The molecule has 2 aromatic heterocycles. The third kappa shape index (κ3) is 4.37. The molecule has 1 amide bonds. The zero-order valence-electron chi connectivity index (χ0n) is 21.3. The van der Waals surface area contributed by atoms with E-state index in [4.69, 9.17) is 15.2 Å². The minimum absolute atomic E-state index is 0.00445. The predicted molar refractivity (Wildman–Crippen MR) is 136 cm³/mol. The van der Waals surface area contributed by atoms with Crippen LogP contribution in [-0.4, -0.2) is 56.1 Å². The van der Waals surface area contributed by atoms with Crippen molar-refractivity contribution in [3.05, 3.63) is 29.6 Å². The van der Waals surface area contributed by atoms with Gasteiger partial charge in [0.1, 0.15) is 5.82 Å². The fourth-order valence-corrected chi connectivity index (χ4v) is 5.65. The van der Waals surface area contributed by atoms with Crippen LogP contribution < -0.4 is 4.90 Å². The molecule has 1 saturated heterocycles. The number of anilines is 1. The summed E-state index contributed by atoms with van der Waals surface area (Å²) in [6, 6.07) is 6.51. The second kappa shape index (κ2) is 8.82. The number of piperazine rings is 1. The van der Waals surface area contributed by atoms with Gasteiger partial charge in [-0.05, 0) is 44.2 Å². The Morgan fingerprint density at radius 3 is 2.56 bits per heavy atom. The van der Waals surface area contributed by atoms with Gasteiger partial charge in [-0.25, -0.2) is 9.38 Å². The lowest BCUT2D eigenvalue weighted by molar-refractivity contribution is -0.135. The van der Waals surface area contributed by atoms with Crippen molar-refractivity contribution in [3.63, 3.8) is 0 Å². The highest BCUT2D eigenvalue weighted by atomic mass is 16.2. The van der Waals surface area contributed by atoms with Crippen molar-refractivity contribution >= 4 is 28.4 Å². The molecule has 1 aliphatic carbocycles. The number of aromatic nitrogens is 4. The molecule has 0 unspecified atom stereocenters. The van der Waals surface area contributed by atoms with Crippen LogP contribution in [0.15, 0.2) is 18.2 Å². The van der Waals surface area contributed by atoms with Crippen LogP contribution in [0, 0.1) is 12.3 Å². The van der Waals surface area contributed by atoms with E-state index in [0.29, 0.717) is 18.9 Å². The summed E-state index contributed by atoms with van der Waals surface area (Å²) in [6.07, 6.45) is 6.71. The summed E-state index contributed by atoms with van der Waals surface area (Å²) in [7, 11) is 0. The Kier molecular flexibility index (Phi) is 5.98. The van der Waals surface area contributed by atoms with Crippen LogP contribution in [0.1, 0.15) is 83.5 Å². The second-order valence-corrected chi connectivity index (χ2v) is 11.6. The third-order valence-electron chi connectivity index (χ3n) is 7.38. The highest BCUT2D eigenvalue weighted by molar-refractivity contribution is 5.93. The molecule has 3 aromatic rings. The number of amides is 1. The Balaban J connectivity index is 1.54. The Morgan fingerprint density at radius 1 is 1.09 bits per heavy atom. The molecular weight excluding hydrogens is 424 g/mol. The van der Waals surface area contributed by atoms with Gasteiger partial charge in [0.2, 0.25) is 11.9 Å². The van der Waals surface area contributed by atoms with Gasteiger partial charge in [0.05, 0.1) is 5.52 Å². The molecule has 5 rings (SSSR count). The maximum Gasteiger partial charge on any atom is 0.223 e. The summed E-state index contributed by atoms with van der Waals surface area (Å²) in [4.78, 5) is 22.5. The van der Waals surface area contributed by atoms with Gasteiger partial charge < -0.3 is 9.80 Å². The van der Waals surface area contributed by atoms with Crippen LogP contribution in [0.4, 0.5) is 5.95 Å². The van der Waals surface area contributed by atoms with Gasteiger partial charge in [0, 0.05) is 43.4 Å². The monoisotopic (exact) mass is 462 g/mol. The van der Waals surface area contributed by atoms with E-state index < -0.39 is 0 Å². The van der Waals surface area contributed by atoms with Gasteiger partial charge in [0.15, 0.2) is 5.65 Å². The first-order valence-electron chi connectivity index (χ1n) is 12.9. The van der Waals surface area contributed by atoms with Crippen LogP contribution in [-0.2, 0) is 4.79 Å². The summed E-state index contributed by atoms with van der Waals surface area (Å²) in [5, 5.41) is 10.5. The van der Waals surface area contributed by atoms with E-state index in [-0.39, 0.29) is 17.4 Å². The smallest absolute Gasteiger partial charge is 0.223 e. The van der Waals surface area contributed by atoms with E-state index in [2.05, 4.69) is 67.0 Å². The van der Waals surface area contributed by atoms with Gasteiger partial charge in [-0.1, -0.05) is 51.7 Å². The molecule has 182 valence electrons. The van der Waals surface area contributed by atoms with Crippen LogP contribution in [0.25, 0.3) is 16.6 Å². The highest BCUT2D eigenvalue weighted by Crippen LogP contribution is 2.35. The van der Waals surface area contributed by atoms with Crippen molar-refractivity contribution in [2.45, 2.75) is 85.1 Å². The first kappa shape index (κ1) is 23.1. The molecule has 2 aliphatic rings. The number of carbonyl (C=O) groups is 1. The molecule has 0 spiro atoms. The van der Waals surface area contributed by atoms with Gasteiger partial charge >= 0.3 is 0 Å². The van der Waals surface area contributed by atoms with Crippen molar-refractivity contribution in [3.8, 4) is 0 Å². The second-order valence-electron chi connectivity index (χ2n) is 11.6. The molecule has 1 aliphatic heterocycles. The maximum atomic E-state index is 13.0. The molecular formula is C27H38N6O. The number of aryl methyl sites for hydroxylation is 1. The molecule has 1 saturated carbocycles. The molecule has 0 bridgehead atoms. The van der Waals surface area contributed by atoms with E-state index in [1.807, 2.05) is 0 Å². The fraction of sp³-hybridized carbons (Fsp3) is 0.630. The quantitative estimate of drug-likeness (QED) is 0.541. The van der Waals surface area contributed by atoms with Crippen LogP contribution >= 0.6 is 0 Å². The summed E-state index contributed by atoms with van der Waals surface area (Å²) in [5.74, 6) is 2.66. The van der Waals surface area contributed by atoms with Gasteiger partial charge in [-0.3, -0.25) is 4.79 Å². The highest BCUT2D eigenvalue weighted by Gasteiger charge is 2.32. The summed E-state index contributed by atoms with van der Waals surface area (Å²) >= 11 is 0. The van der Waals surface area contributed by atoms with E-state index >= 15 is 0 Å². The van der Waals surface area contributed by atoms with E-state index in [1.54, 1.807) is 0 Å². The summed E-state index contributed by atoms with van der Waals surface area (Å²) in [5.41, 5.74) is 3.05. The van der Waals surface area contributed by atoms with Crippen LogP contribution in [0.3, 0.4) is 0 Å². The minimum atomic E-state index is -0.00445. The van der Waals surface area contributed by atoms with Crippen LogP contribution in [0.2, 0.25) is 0 Å². The molecule has 0 radical (unpaired) electrons. The number of rotatable bonds is 3. The predicted octanol–water partition coefficient (Wildman–Crippen LogP) is 5.11. The zero-order chi connectivity index (χ0) is 24.0. The molecule has 0 N–H and O–H groups in total.